The van der Waals surface area contributed by atoms with E-state index in [0.717, 1.165) is 25.7 Å². The molecule has 1 fully saturated rings. The van der Waals surface area contributed by atoms with Crippen LogP contribution < -0.4 is 4.74 Å². The van der Waals surface area contributed by atoms with Crippen molar-refractivity contribution in [1.29, 1.82) is 0 Å². The van der Waals surface area contributed by atoms with Crippen LogP contribution in [0.25, 0.3) is 11.1 Å². The molecule has 1 aliphatic rings. The number of hydrogen-bond donors (Lipinski definition) is 0. The van der Waals surface area contributed by atoms with Crippen molar-refractivity contribution in [3.8, 4) is 16.9 Å². The molecule has 0 radical (unpaired) electrons. The van der Waals surface area contributed by atoms with Crippen molar-refractivity contribution in [3.05, 3.63) is 88.7 Å². The van der Waals surface area contributed by atoms with Crippen LogP contribution in [0.4, 0.5) is 13.2 Å². The Hall–Kier alpha value is -2.75. The molecule has 0 amide bonds. The first-order valence-electron chi connectivity index (χ1n) is 13.0. The monoisotopic (exact) mass is 480 g/mol. The van der Waals surface area contributed by atoms with Crippen molar-refractivity contribution in [2.75, 3.05) is 6.61 Å². The van der Waals surface area contributed by atoms with Crippen LogP contribution in [0.1, 0.15) is 87.3 Å². The van der Waals surface area contributed by atoms with Crippen LogP contribution in [0.15, 0.2) is 54.6 Å². The first-order chi connectivity index (χ1) is 17.0. The summed E-state index contributed by atoms with van der Waals surface area (Å²) in [6.07, 6.45) is 7.43. The van der Waals surface area contributed by atoms with Crippen molar-refractivity contribution < 1.29 is 17.9 Å². The highest BCUT2D eigenvalue weighted by atomic mass is 19.2. The number of aryl methyl sites for hydroxylation is 1. The summed E-state index contributed by atoms with van der Waals surface area (Å²) >= 11 is 0. The van der Waals surface area contributed by atoms with Gasteiger partial charge in [-0.2, -0.15) is 0 Å². The van der Waals surface area contributed by atoms with Crippen LogP contribution in [0.2, 0.25) is 0 Å². The van der Waals surface area contributed by atoms with Crippen LogP contribution in [-0.4, -0.2) is 6.61 Å². The molecule has 0 saturated heterocycles. The largest absolute Gasteiger partial charge is 0.494 e. The summed E-state index contributed by atoms with van der Waals surface area (Å²) in [6.45, 7) is 4.54. The van der Waals surface area contributed by atoms with E-state index in [4.69, 9.17) is 4.74 Å². The minimum atomic E-state index is -0.777. The number of ether oxygens (including phenoxy) is 1. The van der Waals surface area contributed by atoms with Gasteiger partial charge in [-0.05, 0) is 85.6 Å². The third-order valence-corrected chi connectivity index (χ3v) is 7.34. The lowest BCUT2D eigenvalue weighted by atomic mass is 9.75. The molecule has 0 aromatic heterocycles. The molecule has 0 spiro atoms. The summed E-state index contributed by atoms with van der Waals surface area (Å²) in [6, 6.07) is 16.3. The molecule has 1 aliphatic carbocycles. The molecule has 1 nitrogen and oxygen atoms in total. The molecule has 0 N–H and O–H groups in total. The predicted octanol–water partition coefficient (Wildman–Crippen LogP) is 9.34. The quantitative estimate of drug-likeness (QED) is 0.277. The predicted molar refractivity (Wildman–Crippen MR) is 137 cm³/mol. The molecule has 1 saturated carbocycles. The fourth-order valence-electron chi connectivity index (χ4n) is 5.34. The number of rotatable bonds is 9. The zero-order valence-electron chi connectivity index (χ0n) is 20.8. The molecule has 4 rings (SSSR count). The third-order valence-electron chi connectivity index (χ3n) is 7.34. The van der Waals surface area contributed by atoms with Crippen LogP contribution in [0, 0.1) is 17.5 Å². The topological polar surface area (TPSA) is 9.23 Å². The van der Waals surface area contributed by atoms with Crippen LogP contribution in [-0.2, 0) is 6.42 Å². The zero-order valence-corrected chi connectivity index (χ0v) is 20.8. The summed E-state index contributed by atoms with van der Waals surface area (Å²) < 4.78 is 50.3. The number of hydrogen-bond acceptors (Lipinski definition) is 1. The average molecular weight is 481 g/mol. The van der Waals surface area contributed by atoms with Gasteiger partial charge >= 0.3 is 0 Å². The second-order valence-corrected chi connectivity index (χ2v) is 9.65. The first kappa shape index (κ1) is 25.3. The van der Waals surface area contributed by atoms with E-state index in [9.17, 15) is 4.39 Å². The Morgan fingerprint density at radius 2 is 1.40 bits per heavy atom. The van der Waals surface area contributed by atoms with Gasteiger partial charge in [0.1, 0.15) is 11.6 Å². The summed E-state index contributed by atoms with van der Waals surface area (Å²) in [5.41, 5.74) is 3.35. The van der Waals surface area contributed by atoms with Gasteiger partial charge in [0.2, 0.25) is 0 Å². The maximum atomic E-state index is 15.2. The van der Waals surface area contributed by atoms with E-state index >= 15 is 8.78 Å². The first-order valence-corrected chi connectivity index (χ1v) is 13.0. The SMILES string of the molecule is CCCCCc1ccc(-c2ccc(C3CCC(c4ccc(OCC)cc4F)CC3)c(F)c2F)cc1. The Morgan fingerprint density at radius 3 is 2.03 bits per heavy atom. The summed E-state index contributed by atoms with van der Waals surface area (Å²) in [5.74, 6) is -1.21. The van der Waals surface area contributed by atoms with Gasteiger partial charge in [-0.15, -0.1) is 0 Å². The van der Waals surface area contributed by atoms with Crippen molar-refractivity contribution in [2.24, 2.45) is 0 Å². The third kappa shape index (κ3) is 5.91. The molecule has 0 unspecified atom stereocenters. The van der Waals surface area contributed by atoms with Gasteiger partial charge in [0.05, 0.1) is 6.61 Å². The molecule has 3 aromatic carbocycles. The second-order valence-electron chi connectivity index (χ2n) is 9.65. The standard InChI is InChI=1S/C31H35F3O/c1-3-5-6-7-21-8-10-23(11-9-21)27-18-19-28(31(34)30(27)33)24-14-12-22(13-15-24)26-17-16-25(35-4-2)20-29(26)32/h8-11,16-20,22,24H,3-7,12-15H2,1-2H3. The number of unbranched alkanes of at least 4 members (excludes halogenated alkanes) is 2. The van der Waals surface area contributed by atoms with E-state index in [1.807, 2.05) is 31.2 Å². The smallest absolute Gasteiger partial charge is 0.166 e. The maximum Gasteiger partial charge on any atom is 0.166 e. The summed E-state index contributed by atoms with van der Waals surface area (Å²) in [4.78, 5) is 0. The lowest BCUT2D eigenvalue weighted by Gasteiger charge is -2.30. The molecule has 3 aromatic rings. The Labute approximate surface area is 207 Å². The van der Waals surface area contributed by atoms with E-state index < -0.39 is 11.6 Å². The normalized spacial score (nSPS) is 18.0. The second kappa shape index (κ2) is 11.8. The van der Waals surface area contributed by atoms with Crippen LogP contribution in [0.5, 0.6) is 5.75 Å². The molecule has 0 bridgehead atoms. The van der Waals surface area contributed by atoms with Crippen LogP contribution in [0.3, 0.4) is 0 Å². The lowest BCUT2D eigenvalue weighted by Crippen LogP contribution is -2.15. The zero-order chi connectivity index (χ0) is 24.8. The van der Waals surface area contributed by atoms with E-state index in [1.54, 1.807) is 24.3 Å². The Bertz CT molecular complexity index is 1110. The fraction of sp³-hybridized carbons (Fsp3) is 0.419. The number of benzene rings is 3. The maximum absolute atomic E-state index is 15.2. The lowest BCUT2D eigenvalue weighted by molar-refractivity contribution is 0.336. The highest BCUT2D eigenvalue weighted by Gasteiger charge is 2.28. The minimum Gasteiger partial charge on any atom is -0.494 e. The fourth-order valence-corrected chi connectivity index (χ4v) is 5.34. The van der Waals surface area contributed by atoms with E-state index in [1.165, 1.54) is 24.5 Å². The summed E-state index contributed by atoms with van der Waals surface area (Å²) in [7, 11) is 0. The van der Waals surface area contributed by atoms with E-state index in [0.29, 0.717) is 47.5 Å². The van der Waals surface area contributed by atoms with Gasteiger partial charge in [-0.1, -0.05) is 62.2 Å². The van der Waals surface area contributed by atoms with Gasteiger partial charge in [0.25, 0.3) is 0 Å². The summed E-state index contributed by atoms with van der Waals surface area (Å²) in [5, 5.41) is 0. The van der Waals surface area contributed by atoms with Gasteiger partial charge in [-0.25, -0.2) is 13.2 Å². The minimum absolute atomic E-state index is 0.0542. The van der Waals surface area contributed by atoms with Gasteiger partial charge in [0, 0.05) is 11.6 Å². The highest BCUT2D eigenvalue weighted by Crippen LogP contribution is 2.43. The van der Waals surface area contributed by atoms with Gasteiger partial charge in [-0.3, -0.25) is 0 Å². The number of halogens is 3. The highest BCUT2D eigenvalue weighted by molar-refractivity contribution is 5.65. The molecule has 4 heteroatoms. The van der Waals surface area contributed by atoms with Crippen molar-refractivity contribution in [1.82, 2.24) is 0 Å². The van der Waals surface area contributed by atoms with E-state index in [2.05, 4.69) is 6.92 Å². The molecular weight excluding hydrogens is 445 g/mol. The van der Waals surface area contributed by atoms with Gasteiger partial charge in [0.15, 0.2) is 11.6 Å². The van der Waals surface area contributed by atoms with E-state index in [-0.39, 0.29) is 17.7 Å². The molecule has 0 aliphatic heterocycles. The van der Waals surface area contributed by atoms with Crippen molar-refractivity contribution in [2.45, 2.75) is 77.0 Å². The van der Waals surface area contributed by atoms with Crippen molar-refractivity contribution in [3.63, 3.8) is 0 Å². The molecule has 35 heavy (non-hydrogen) atoms. The molecular formula is C31H35F3O. The van der Waals surface area contributed by atoms with Crippen molar-refractivity contribution >= 4 is 0 Å². The average Bonchev–Trinajstić information content (AvgIpc) is 2.87. The molecule has 0 heterocycles. The Kier molecular flexibility index (Phi) is 8.54. The van der Waals surface area contributed by atoms with Crippen LogP contribution >= 0.6 is 0 Å². The Morgan fingerprint density at radius 1 is 0.743 bits per heavy atom. The molecule has 0 atom stereocenters. The molecule has 186 valence electrons. The van der Waals surface area contributed by atoms with Gasteiger partial charge < -0.3 is 4.74 Å². The Balaban J connectivity index is 1.43.